The van der Waals surface area contributed by atoms with Crippen LogP contribution in [0.4, 0.5) is 0 Å². The summed E-state index contributed by atoms with van der Waals surface area (Å²) in [5.41, 5.74) is 2.87. The first kappa shape index (κ1) is 16.8. The molecule has 5 heteroatoms. The summed E-state index contributed by atoms with van der Waals surface area (Å²) in [6.45, 7) is 0.593. The van der Waals surface area contributed by atoms with E-state index in [2.05, 4.69) is 6.07 Å². The molecule has 0 saturated carbocycles. The minimum Gasteiger partial charge on any atom is -0.466 e. The van der Waals surface area contributed by atoms with E-state index in [1.54, 1.807) is 11.9 Å². The molecule has 0 unspecified atom stereocenters. The number of carbonyl (C=O) groups excluding carboxylic acids is 2. The van der Waals surface area contributed by atoms with Crippen molar-refractivity contribution in [2.24, 2.45) is 0 Å². The fourth-order valence-corrected chi connectivity index (χ4v) is 2.63. The number of hydrogen-bond acceptors (Lipinski definition) is 5. The van der Waals surface area contributed by atoms with Crippen molar-refractivity contribution in [1.82, 2.24) is 4.90 Å². The molecule has 2 rings (SSSR count). The summed E-state index contributed by atoms with van der Waals surface area (Å²) in [4.78, 5) is 26.0. The van der Waals surface area contributed by atoms with E-state index >= 15 is 0 Å². The van der Waals surface area contributed by atoms with Gasteiger partial charge in [-0.15, -0.1) is 0 Å². The van der Waals surface area contributed by atoms with Crippen LogP contribution in [0, 0.1) is 0 Å². The topological polar surface area (TPSA) is 55.8 Å². The first-order chi connectivity index (χ1) is 11.1. The van der Waals surface area contributed by atoms with E-state index in [4.69, 9.17) is 9.47 Å². The molecule has 122 valence electrons. The van der Waals surface area contributed by atoms with E-state index in [1.165, 1.54) is 19.8 Å². The Bertz CT molecular complexity index is 661. The van der Waals surface area contributed by atoms with Gasteiger partial charge in [-0.25, -0.2) is 9.59 Å². The molecular formula is C18H21NO4. The van der Waals surface area contributed by atoms with Gasteiger partial charge in [0, 0.05) is 20.0 Å². The van der Waals surface area contributed by atoms with Gasteiger partial charge in [0.2, 0.25) is 0 Å². The van der Waals surface area contributed by atoms with Gasteiger partial charge in [-0.2, -0.15) is 0 Å². The van der Waals surface area contributed by atoms with Crippen molar-refractivity contribution in [2.75, 3.05) is 27.8 Å². The van der Waals surface area contributed by atoms with Gasteiger partial charge in [-0.1, -0.05) is 36.4 Å². The Balaban J connectivity index is 2.49. The quantitative estimate of drug-likeness (QED) is 0.783. The highest BCUT2D eigenvalue weighted by Gasteiger charge is 2.25. The molecule has 0 fully saturated rings. The summed E-state index contributed by atoms with van der Waals surface area (Å²) < 4.78 is 9.69. The molecule has 0 amide bonds. The predicted octanol–water partition coefficient (Wildman–Crippen LogP) is 2.18. The van der Waals surface area contributed by atoms with E-state index in [9.17, 15) is 9.59 Å². The van der Waals surface area contributed by atoms with E-state index in [1.807, 2.05) is 30.4 Å². The third kappa shape index (κ3) is 3.80. The van der Waals surface area contributed by atoms with Gasteiger partial charge >= 0.3 is 11.9 Å². The number of likely N-dealkylation sites (N-methyl/N-ethyl adjacent to an activating group) is 1. The Morgan fingerprint density at radius 3 is 2.48 bits per heavy atom. The van der Waals surface area contributed by atoms with Crippen molar-refractivity contribution < 1.29 is 19.1 Å². The van der Waals surface area contributed by atoms with Gasteiger partial charge in [-0.05, 0) is 17.5 Å². The van der Waals surface area contributed by atoms with Gasteiger partial charge in [0.1, 0.15) is 5.70 Å². The molecule has 23 heavy (non-hydrogen) atoms. The number of nitrogens with zero attached hydrogens (tertiary/aromatic N) is 1. The average molecular weight is 315 g/mol. The molecule has 1 aliphatic heterocycles. The smallest absolute Gasteiger partial charge is 0.354 e. The van der Waals surface area contributed by atoms with Crippen LogP contribution < -0.4 is 0 Å². The molecule has 0 saturated heterocycles. The highest BCUT2D eigenvalue weighted by atomic mass is 16.5. The number of methoxy groups -OCH3 is 2. The number of fused-ring (bicyclic) bond motifs is 1. The Morgan fingerprint density at radius 1 is 1.09 bits per heavy atom. The monoisotopic (exact) mass is 315 g/mol. The number of carbonyl (C=O) groups is 2. The van der Waals surface area contributed by atoms with E-state index in [0.717, 1.165) is 12.0 Å². The second-order valence-electron chi connectivity index (χ2n) is 5.29. The van der Waals surface area contributed by atoms with Crippen molar-refractivity contribution in [2.45, 2.75) is 12.8 Å². The van der Waals surface area contributed by atoms with Crippen molar-refractivity contribution in [3.63, 3.8) is 0 Å². The molecule has 0 bridgehead atoms. The van der Waals surface area contributed by atoms with Crippen molar-refractivity contribution >= 4 is 18.0 Å². The highest BCUT2D eigenvalue weighted by molar-refractivity contribution is 6.00. The van der Waals surface area contributed by atoms with Crippen molar-refractivity contribution in [3.8, 4) is 0 Å². The maximum atomic E-state index is 12.2. The van der Waals surface area contributed by atoms with Gasteiger partial charge < -0.3 is 14.4 Å². The fourth-order valence-electron chi connectivity index (χ4n) is 2.63. The summed E-state index contributed by atoms with van der Waals surface area (Å²) in [6.07, 6.45) is 4.90. The van der Waals surface area contributed by atoms with Gasteiger partial charge in [0.05, 0.1) is 19.8 Å². The molecular weight excluding hydrogens is 294 g/mol. The number of allylic oxidation sites excluding steroid dienone is 1. The zero-order chi connectivity index (χ0) is 16.8. The zero-order valence-corrected chi connectivity index (χ0v) is 13.7. The molecule has 1 aliphatic rings. The summed E-state index contributed by atoms with van der Waals surface area (Å²) in [6, 6.07) is 8.08. The van der Waals surface area contributed by atoms with Crippen LogP contribution >= 0.6 is 0 Å². The number of ether oxygens (including phenoxy) is 2. The molecule has 0 radical (unpaired) electrons. The molecule has 1 aromatic carbocycles. The average Bonchev–Trinajstić information content (AvgIpc) is 2.58. The fraction of sp³-hybridized carbons (Fsp3) is 0.333. The van der Waals surface area contributed by atoms with Crippen molar-refractivity contribution in [3.05, 3.63) is 52.7 Å². The molecule has 1 heterocycles. The summed E-state index contributed by atoms with van der Waals surface area (Å²) in [5.74, 6) is -1.05. The molecule has 0 aliphatic carbocycles. The number of rotatable bonds is 2. The molecule has 0 spiro atoms. The lowest BCUT2D eigenvalue weighted by Gasteiger charge is -2.24. The maximum absolute atomic E-state index is 12.2. The number of esters is 2. The van der Waals surface area contributed by atoms with Crippen LogP contribution in [-0.4, -0.2) is 44.7 Å². The second kappa shape index (κ2) is 7.63. The molecule has 0 aromatic heterocycles. The minimum atomic E-state index is -0.532. The summed E-state index contributed by atoms with van der Waals surface area (Å²) >= 11 is 0. The standard InChI is InChI=1S/C18H21NO4/c1-19-12-11-14-8-5-4-7-13(14)9-6-10-15(17(20)22-2)16(19)18(21)23-3/h4-9H,10-12H2,1-3H3/b9-6-,16-15+. The lowest BCUT2D eigenvalue weighted by molar-refractivity contribution is -0.140. The maximum Gasteiger partial charge on any atom is 0.354 e. The Labute approximate surface area is 136 Å². The summed E-state index contributed by atoms with van der Waals surface area (Å²) in [5, 5.41) is 0. The van der Waals surface area contributed by atoms with Crippen LogP contribution in [0.25, 0.3) is 6.08 Å². The highest BCUT2D eigenvalue weighted by Crippen LogP contribution is 2.21. The first-order valence-electron chi connectivity index (χ1n) is 7.43. The Hall–Kier alpha value is -2.56. The SMILES string of the molecule is COC(=O)/C1=C(\C(=O)OC)N(C)CCc2ccccc2/C=C\C1. The van der Waals surface area contributed by atoms with Crippen LogP contribution in [0.5, 0.6) is 0 Å². The van der Waals surface area contributed by atoms with Gasteiger partial charge in [-0.3, -0.25) is 0 Å². The van der Waals surface area contributed by atoms with Crippen LogP contribution in [0.3, 0.4) is 0 Å². The first-order valence-corrected chi connectivity index (χ1v) is 7.43. The zero-order valence-electron chi connectivity index (χ0n) is 13.7. The van der Waals surface area contributed by atoms with E-state index < -0.39 is 11.9 Å². The van der Waals surface area contributed by atoms with Crippen LogP contribution in [-0.2, 0) is 25.5 Å². The normalized spacial score (nSPS) is 19.5. The van der Waals surface area contributed by atoms with E-state index in [0.29, 0.717) is 18.5 Å². The Kier molecular flexibility index (Phi) is 5.57. The lowest BCUT2D eigenvalue weighted by atomic mass is 10.0. The minimum absolute atomic E-state index is 0.253. The molecule has 0 N–H and O–H groups in total. The van der Waals surface area contributed by atoms with Gasteiger partial charge in [0.15, 0.2) is 0 Å². The molecule has 5 nitrogen and oxygen atoms in total. The van der Waals surface area contributed by atoms with Crippen LogP contribution in [0.15, 0.2) is 41.6 Å². The third-order valence-electron chi connectivity index (χ3n) is 3.87. The van der Waals surface area contributed by atoms with Crippen LogP contribution in [0.2, 0.25) is 0 Å². The molecule has 1 aromatic rings. The summed E-state index contributed by atoms with van der Waals surface area (Å²) in [7, 11) is 4.40. The largest absolute Gasteiger partial charge is 0.466 e. The van der Waals surface area contributed by atoms with Gasteiger partial charge in [0.25, 0.3) is 0 Å². The Morgan fingerprint density at radius 2 is 1.78 bits per heavy atom. The molecule has 0 atom stereocenters. The van der Waals surface area contributed by atoms with Crippen LogP contribution in [0.1, 0.15) is 17.5 Å². The van der Waals surface area contributed by atoms with E-state index in [-0.39, 0.29) is 5.70 Å². The third-order valence-corrected chi connectivity index (χ3v) is 3.87. The predicted molar refractivity (Wildman–Crippen MR) is 87.5 cm³/mol. The second-order valence-corrected chi connectivity index (χ2v) is 5.29. The van der Waals surface area contributed by atoms with Crippen molar-refractivity contribution in [1.29, 1.82) is 0 Å². The number of hydrogen-bond donors (Lipinski definition) is 0. The number of benzene rings is 1. The lowest BCUT2D eigenvalue weighted by Crippen LogP contribution is -2.30.